The molecule has 4 heterocycles. The number of morpholine rings is 2. The molecule has 0 aromatic carbocycles. The average Bonchev–Trinajstić information content (AvgIpc) is 3.24. The molecule has 0 radical (unpaired) electrons. The van der Waals surface area contributed by atoms with Crippen LogP contribution < -0.4 is 0 Å². The molecule has 0 unspecified atom stereocenters. The highest BCUT2D eigenvalue weighted by Gasteiger charge is 2.38. The maximum atomic E-state index is 13.3. The van der Waals surface area contributed by atoms with Crippen molar-refractivity contribution in [2.24, 2.45) is 0 Å². The number of ether oxygens (including phenoxy) is 2. The van der Waals surface area contributed by atoms with E-state index in [1.54, 1.807) is 17.1 Å². The van der Waals surface area contributed by atoms with Crippen LogP contribution in [-0.2, 0) is 16.0 Å². The largest absolute Gasteiger partial charge is 0.379 e. The molecule has 8 heteroatoms. The third-order valence-electron chi connectivity index (χ3n) is 5.38. The summed E-state index contributed by atoms with van der Waals surface area (Å²) in [7, 11) is 0. The van der Waals surface area contributed by atoms with Gasteiger partial charge in [0.2, 0.25) is 0 Å². The van der Waals surface area contributed by atoms with Crippen molar-refractivity contribution in [3.8, 4) is 0 Å². The van der Waals surface area contributed by atoms with Gasteiger partial charge in [-0.05, 0) is 18.6 Å². The topological polar surface area (TPSA) is 72.7 Å². The summed E-state index contributed by atoms with van der Waals surface area (Å²) in [5.41, 5.74) is 1.61. The Morgan fingerprint density at radius 1 is 1.21 bits per heavy atom. The van der Waals surface area contributed by atoms with Crippen molar-refractivity contribution in [2.45, 2.75) is 25.6 Å². The van der Waals surface area contributed by atoms with Crippen LogP contribution in [0.25, 0.3) is 0 Å². The predicted octanol–water partition coefficient (Wildman–Crippen LogP) is 1.21. The van der Waals surface area contributed by atoms with Gasteiger partial charge >= 0.3 is 0 Å². The van der Waals surface area contributed by atoms with E-state index in [2.05, 4.69) is 15.0 Å². The van der Waals surface area contributed by atoms with Crippen LogP contribution in [-0.4, -0.2) is 82.6 Å². The zero-order chi connectivity index (χ0) is 19.3. The highest BCUT2D eigenvalue weighted by molar-refractivity contribution is 5.94. The molecule has 2 atom stereocenters. The molecule has 2 aliphatic rings. The predicted molar refractivity (Wildman–Crippen MR) is 103 cm³/mol. The van der Waals surface area contributed by atoms with Gasteiger partial charge in [0.1, 0.15) is 0 Å². The summed E-state index contributed by atoms with van der Waals surface area (Å²) in [5, 5.41) is 4.26. The van der Waals surface area contributed by atoms with Gasteiger partial charge in [-0.3, -0.25) is 19.4 Å². The molecule has 0 spiro atoms. The maximum Gasteiger partial charge on any atom is 0.257 e. The Bertz CT molecular complexity index is 775. The number of hydrogen-bond acceptors (Lipinski definition) is 6. The summed E-state index contributed by atoms with van der Waals surface area (Å²) in [6.07, 6.45) is 6.94. The van der Waals surface area contributed by atoms with Gasteiger partial charge in [0, 0.05) is 51.3 Å². The molecule has 2 aliphatic heterocycles. The van der Waals surface area contributed by atoms with Crippen LogP contribution in [0.5, 0.6) is 0 Å². The standard InChI is InChI=1S/C20H27N5O3/c1-2-24-14-17(13-22-24)20(26)25-8-11-28-18(15-23-6-9-27-10-7-23)19(25)16-4-3-5-21-12-16/h3-5,12-14,18-19H,2,6-11,15H2,1H3/t18-,19-/m0/s1. The van der Waals surface area contributed by atoms with Crippen molar-refractivity contribution < 1.29 is 14.3 Å². The SMILES string of the molecule is CCn1cc(C(=O)N2CCO[C@@H](CN3CCOCC3)[C@@H]2c2cccnc2)cn1. The van der Waals surface area contributed by atoms with Crippen molar-refractivity contribution >= 4 is 5.91 Å². The second-order valence-electron chi connectivity index (χ2n) is 7.14. The molecule has 150 valence electrons. The number of carbonyl (C=O) groups is 1. The lowest BCUT2D eigenvalue weighted by atomic mass is 9.98. The average molecular weight is 385 g/mol. The van der Waals surface area contributed by atoms with Gasteiger partial charge < -0.3 is 14.4 Å². The number of amides is 1. The van der Waals surface area contributed by atoms with E-state index in [1.807, 2.05) is 36.4 Å². The highest BCUT2D eigenvalue weighted by Crippen LogP contribution is 2.31. The Hall–Kier alpha value is -2.29. The molecule has 2 aromatic heterocycles. The molecule has 28 heavy (non-hydrogen) atoms. The van der Waals surface area contributed by atoms with Crippen molar-refractivity contribution in [1.82, 2.24) is 24.6 Å². The number of nitrogens with zero attached hydrogens (tertiary/aromatic N) is 5. The molecular formula is C20H27N5O3. The number of carbonyl (C=O) groups excluding carboxylic acids is 1. The molecule has 8 nitrogen and oxygen atoms in total. The first-order chi connectivity index (χ1) is 13.8. The number of aryl methyl sites for hydroxylation is 1. The molecule has 2 fully saturated rings. The normalized spacial score (nSPS) is 23.7. The summed E-state index contributed by atoms with van der Waals surface area (Å²) in [4.78, 5) is 21.9. The number of pyridine rings is 1. The van der Waals surface area contributed by atoms with Gasteiger partial charge in [0.15, 0.2) is 0 Å². The Kier molecular flexibility index (Phi) is 5.99. The van der Waals surface area contributed by atoms with Crippen LogP contribution in [0.3, 0.4) is 0 Å². The first kappa shape index (κ1) is 19.0. The van der Waals surface area contributed by atoms with Crippen LogP contribution in [0.1, 0.15) is 28.9 Å². The number of rotatable bonds is 5. The van der Waals surface area contributed by atoms with Crippen LogP contribution in [0, 0.1) is 0 Å². The van der Waals surface area contributed by atoms with Gasteiger partial charge in [0.05, 0.1) is 43.7 Å². The minimum absolute atomic E-state index is 0.0103. The van der Waals surface area contributed by atoms with E-state index < -0.39 is 0 Å². The molecule has 0 saturated carbocycles. The summed E-state index contributed by atoms with van der Waals surface area (Å²) in [6.45, 7) is 7.84. The van der Waals surface area contributed by atoms with Crippen LogP contribution >= 0.6 is 0 Å². The second-order valence-corrected chi connectivity index (χ2v) is 7.14. The Morgan fingerprint density at radius 2 is 2.07 bits per heavy atom. The van der Waals surface area contributed by atoms with Crippen molar-refractivity contribution in [3.05, 3.63) is 48.0 Å². The zero-order valence-electron chi connectivity index (χ0n) is 16.2. The van der Waals surface area contributed by atoms with Crippen LogP contribution in [0.4, 0.5) is 0 Å². The van der Waals surface area contributed by atoms with Crippen LogP contribution in [0.15, 0.2) is 36.9 Å². The first-order valence-electron chi connectivity index (χ1n) is 9.91. The molecular weight excluding hydrogens is 358 g/mol. The summed E-state index contributed by atoms with van der Waals surface area (Å²) >= 11 is 0. The lowest BCUT2D eigenvalue weighted by Gasteiger charge is -2.43. The van der Waals surface area contributed by atoms with E-state index in [1.165, 1.54) is 0 Å². The van der Waals surface area contributed by atoms with Gasteiger partial charge in [-0.1, -0.05) is 6.07 Å². The van der Waals surface area contributed by atoms with Gasteiger partial charge in [-0.15, -0.1) is 0 Å². The fourth-order valence-corrected chi connectivity index (χ4v) is 3.91. The Morgan fingerprint density at radius 3 is 2.79 bits per heavy atom. The maximum absolute atomic E-state index is 13.3. The molecule has 4 rings (SSSR count). The molecule has 0 aliphatic carbocycles. The van der Waals surface area contributed by atoms with E-state index in [0.29, 0.717) is 18.7 Å². The highest BCUT2D eigenvalue weighted by atomic mass is 16.5. The van der Waals surface area contributed by atoms with E-state index in [9.17, 15) is 4.79 Å². The van der Waals surface area contributed by atoms with Crippen LogP contribution in [0.2, 0.25) is 0 Å². The third-order valence-corrected chi connectivity index (χ3v) is 5.38. The summed E-state index contributed by atoms with van der Waals surface area (Å²) < 4.78 is 13.4. The summed E-state index contributed by atoms with van der Waals surface area (Å²) in [5.74, 6) is -0.0103. The molecule has 0 N–H and O–H groups in total. The lowest BCUT2D eigenvalue weighted by molar-refractivity contribution is -0.0819. The van der Waals surface area contributed by atoms with E-state index in [-0.39, 0.29) is 18.1 Å². The van der Waals surface area contributed by atoms with Gasteiger partial charge in [-0.2, -0.15) is 5.10 Å². The van der Waals surface area contributed by atoms with Gasteiger partial charge in [0.25, 0.3) is 5.91 Å². The number of hydrogen-bond donors (Lipinski definition) is 0. The zero-order valence-corrected chi connectivity index (χ0v) is 16.2. The van der Waals surface area contributed by atoms with Crippen molar-refractivity contribution in [2.75, 3.05) is 46.0 Å². The van der Waals surface area contributed by atoms with Crippen molar-refractivity contribution in [3.63, 3.8) is 0 Å². The molecule has 0 bridgehead atoms. The quantitative estimate of drug-likeness (QED) is 0.770. The molecule has 2 aromatic rings. The minimum atomic E-state index is -0.178. The van der Waals surface area contributed by atoms with E-state index in [4.69, 9.17) is 9.47 Å². The minimum Gasteiger partial charge on any atom is -0.379 e. The lowest BCUT2D eigenvalue weighted by Crippen LogP contribution is -2.53. The smallest absolute Gasteiger partial charge is 0.257 e. The Labute approximate surface area is 165 Å². The second kappa shape index (κ2) is 8.81. The fraction of sp³-hybridized carbons (Fsp3) is 0.550. The first-order valence-corrected chi connectivity index (χ1v) is 9.91. The number of aromatic nitrogens is 3. The monoisotopic (exact) mass is 385 g/mol. The van der Waals surface area contributed by atoms with E-state index >= 15 is 0 Å². The fourth-order valence-electron chi connectivity index (χ4n) is 3.91. The third kappa shape index (κ3) is 4.09. The van der Waals surface area contributed by atoms with E-state index in [0.717, 1.165) is 45.0 Å². The van der Waals surface area contributed by atoms with Gasteiger partial charge in [-0.25, -0.2) is 0 Å². The Balaban J connectivity index is 1.60. The molecule has 2 saturated heterocycles. The molecule has 1 amide bonds. The van der Waals surface area contributed by atoms with Crippen molar-refractivity contribution in [1.29, 1.82) is 0 Å². The summed E-state index contributed by atoms with van der Waals surface area (Å²) in [6, 6.07) is 3.75.